The Morgan fingerprint density at radius 1 is 1.36 bits per heavy atom. The van der Waals surface area contributed by atoms with Gasteiger partial charge in [-0.25, -0.2) is 0 Å². The molecule has 0 saturated carbocycles. The first-order valence-corrected chi connectivity index (χ1v) is 5.58. The highest BCUT2D eigenvalue weighted by Crippen LogP contribution is 2.34. The molecule has 0 aromatic rings. The molecule has 14 heavy (non-hydrogen) atoms. The smallest absolute Gasteiger partial charge is 0.00811 e. The second kappa shape index (κ2) is 4.04. The van der Waals surface area contributed by atoms with E-state index in [4.69, 9.17) is 5.73 Å². The van der Waals surface area contributed by atoms with Crippen molar-refractivity contribution in [3.05, 3.63) is 35.6 Å². The zero-order valence-corrected chi connectivity index (χ0v) is 8.87. The third-order valence-electron chi connectivity index (χ3n) is 3.32. The van der Waals surface area contributed by atoms with E-state index < -0.39 is 0 Å². The van der Waals surface area contributed by atoms with Gasteiger partial charge >= 0.3 is 0 Å². The van der Waals surface area contributed by atoms with Crippen LogP contribution in [0.5, 0.6) is 0 Å². The predicted octanol–water partition coefficient (Wildman–Crippen LogP) is 3.15. The van der Waals surface area contributed by atoms with E-state index in [2.05, 4.69) is 31.2 Å². The summed E-state index contributed by atoms with van der Waals surface area (Å²) >= 11 is 0. The molecule has 0 amide bonds. The second-order valence-corrected chi connectivity index (χ2v) is 4.55. The fraction of sp³-hybridized carbons (Fsp3) is 0.538. The van der Waals surface area contributed by atoms with E-state index in [1.807, 2.05) is 0 Å². The van der Waals surface area contributed by atoms with Crippen LogP contribution in [0.25, 0.3) is 0 Å². The molecule has 0 aromatic heterocycles. The van der Waals surface area contributed by atoms with Gasteiger partial charge in [-0.2, -0.15) is 0 Å². The quantitative estimate of drug-likeness (QED) is 0.673. The summed E-state index contributed by atoms with van der Waals surface area (Å²) in [6.07, 6.45) is 13.6. The van der Waals surface area contributed by atoms with Crippen molar-refractivity contribution in [1.29, 1.82) is 0 Å². The summed E-state index contributed by atoms with van der Waals surface area (Å²) in [6.45, 7) is 2.29. The monoisotopic (exact) mass is 189 g/mol. The summed E-state index contributed by atoms with van der Waals surface area (Å²) in [6, 6.07) is 0. The SMILES string of the molecule is CC1CCC(C2C=CC=CC2)=C(N)C1. The van der Waals surface area contributed by atoms with E-state index in [1.54, 1.807) is 0 Å². The van der Waals surface area contributed by atoms with Gasteiger partial charge in [-0.3, -0.25) is 0 Å². The van der Waals surface area contributed by atoms with Crippen molar-refractivity contribution in [2.75, 3.05) is 0 Å². The highest BCUT2D eigenvalue weighted by Gasteiger charge is 2.20. The Labute approximate surface area is 86.4 Å². The minimum Gasteiger partial charge on any atom is -0.402 e. The molecule has 0 heterocycles. The van der Waals surface area contributed by atoms with Gasteiger partial charge in [-0.1, -0.05) is 31.2 Å². The summed E-state index contributed by atoms with van der Waals surface area (Å²) in [4.78, 5) is 0. The Bertz CT molecular complexity index is 296. The lowest BCUT2D eigenvalue weighted by molar-refractivity contribution is 0.471. The number of hydrogen-bond donors (Lipinski definition) is 1. The Morgan fingerprint density at radius 3 is 2.86 bits per heavy atom. The zero-order chi connectivity index (χ0) is 9.97. The Kier molecular flexibility index (Phi) is 2.76. The first-order valence-electron chi connectivity index (χ1n) is 5.58. The van der Waals surface area contributed by atoms with Gasteiger partial charge in [0.2, 0.25) is 0 Å². The molecule has 0 saturated heterocycles. The van der Waals surface area contributed by atoms with Gasteiger partial charge in [0.25, 0.3) is 0 Å². The topological polar surface area (TPSA) is 26.0 Å². The van der Waals surface area contributed by atoms with E-state index in [-0.39, 0.29) is 0 Å². The van der Waals surface area contributed by atoms with Crippen molar-refractivity contribution < 1.29 is 0 Å². The summed E-state index contributed by atoms with van der Waals surface area (Å²) in [7, 11) is 0. The lowest BCUT2D eigenvalue weighted by Crippen LogP contribution is -2.18. The maximum absolute atomic E-state index is 6.12. The largest absolute Gasteiger partial charge is 0.402 e. The lowest BCUT2D eigenvalue weighted by Gasteiger charge is -2.27. The molecule has 0 fully saturated rings. The predicted molar refractivity (Wildman–Crippen MR) is 60.6 cm³/mol. The average Bonchev–Trinajstić information content (AvgIpc) is 2.19. The van der Waals surface area contributed by atoms with Gasteiger partial charge in [0.15, 0.2) is 0 Å². The molecular formula is C13H19N. The fourth-order valence-corrected chi connectivity index (χ4v) is 2.43. The van der Waals surface area contributed by atoms with Crippen molar-refractivity contribution in [3.63, 3.8) is 0 Å². The number of hydrogen-bond acceptors (Lipinski definition) is 1. The molecular weight excluding hydrogens is 170 g/mol. The molecule has 0 spiro atoms. The summed E-state index contributed by atoms with van der Waals surface area (Å²) in [5, 5.41) is 0. The Balaban J connectivity index is 2.13. The van der Waals surface area contributed by atoms with Crippen LogP contribution in [0.1, 0.15) is 32.6 Å². The Hall–Kier alpha value is -0.980. The van der Waals surface area contributed by atoms with E-state index in [1.165, 1.54) is 18.4 Å². The van der Waals surface area contributed by atoms with E-state index in [0.717, 1.165) is 24.5 Å². The molecule has 0 radical (unpaired) electrons. The highest BCUT2D eigenvalue weighted by molar-refractivity contribution is 5.26. The van der Waals surface area contributed by atoms with Crippen molar-refractivity contribution >= 4 is 0 Å². The van der Waals surface area contributed by atoms with Crippen LogP contribution in [0.4, 0.5) is 0 Å². The van der Waals surface area contributed by atoms with Crippen molar-refractivity contribution in [3.8, 4) is 0 Å². The number of allylic oxidation sites excluding steroid dienone is 6. The van der Waals surface area contributed by atoms with Crippen LogP contribution in [-0.4, -0.2) is 0 Å². The van der Waals surface area contributed by atoms with Gasteiger partial charge in [0, 0.05) is 11.6 Å². The maximum Gasteiger partial charge on any atom is 0.00811 e. The van der Waals surface area contributed by atoms with Crippen LogP contribution in [0.2, 0.25) is 0 Å². The third-order valence-corrected chi connectivity index (χ3v) is 3.32. The Morgan fingerprint density at radius 2 is 2.21 bits per heavy atom. The van der Waals surface area contributed by atoms with Crippen LogP contribution in [0.15, 0.2) is 35.6 Å². The maximum atomic E-state index is 6.12. The standard InChI is InChI=1S/C13H19N/c1-10-7-8-12(13(14)9-10)11-5-3-2-4-6-11/h2-5,10-11H,6-9,14H2,1H3. The molecule has 2 atom stereocenters. The lowest BCUT2D eigenvalue weighted by atomic mass is 9.80. The molecule has 0 aromatic carbocycles. The summed E-state index contributed by atoms with van der Waals surface area (Å²) in [5.74, 6) is 1.37. The zero-order valence-electron chi connectivity index (χ0n) is 8.87. The molecule has 0 bridgehead atoms. The van der Waals surface area contributed by atoms with Crippen molar-refractivity contribution in [1.82, 2.24) is 0 Å². The van der Waals surface area contributed by atoms with Crippen LogP contribution < -0.4 is 5.73 Å². The van der Waals surface area contributed by atoms with Crippen LogP contribution >= 0.6 is 0 Å². The first-order chi connectivity index (χ1) is 6.77. The van der Waals surface area contributed by atoms with E-state index in [0.29, 0.717) is 5.92 Å². The fourth-order valence-electron chi connectivity index (χ4n) is 2.43. The van der Waals surface area contributed by atoms with Crippen molar-refractivity contribution in [2.24, 2.45) is 17.6 Å². The van der Waals surface area contributed by atoms with E-state index >= 15 is 0 Å². The molecule has 2 unspecified atom stereocenters. The van der Waals surface area contributed by atoms with Crippen LogP contribution in [-0.2, 0) is 0 Å². The minimum absolute atomic E-state index is 0.590. The van der Waals surface area contributed by atoms with Gasteiger partial charge in [-0.15, -0.1) is 0 Å². The molecule has 2 aliphatic carbocycles. The normalized spacial score (nSPS) is 32.4. The summed E-state index contributed by atoms with van der Waals surface area (Å²) < 4.78 is 0. The average molecular weight is 189 g/mol. The molecule has 2 N–H and O–H groups in total. The van der Waals surface area contributed by atoms with E-state index in [9.17, 15) is 0 Å². The van der Waals surface area contributed by atoms with Gasteiger partial charge in [0.1, 0.15) is 0 Å². The van der Waals surface area contributed by atoms with Crippen LogP contribution in [0.3, 0.4) is 0 Å². The second-order valence-electron chi connectivity index (χ2n) is 4.55. The minimum atomic E-state index is 0.590. The van der Waals surface area contributed by atoms with Gasteiger partial charge < -0.3 is 5.73 Å². The third kappa shape index (κ3) is 1.92. The van der Waals surface area contributed by atoms with Gasteiger partial charge in [0.05, 0.1) is 0 Å². The number of rotatable bonds is 1. The molecule has 1 nitrogen and oxygen atoms in total. The molecule has 0 aliphatic heterocycles. The van der Waals surface area contributed by atoms with Crippen molar-refractivity contribution in [2.45, 2.75) is 32.6 Å². The first kappa shape index (κ1) is 9.57. The molecule has 76 valence electrons. The summed E-state index contributed by atoms with van der Waals surface area (Å²) in [5.41, 5.74) is 8.79. The molecule has 2 aliphatic rings. The number of nitrogens with two attached hydrogens (primary N) is 1. The van der Waals surface area contributed by atoms with Crippen LogP contribution in [0, 0.1) is 11.8 Å². The molecule has 1 heteroatoms. The molecule has 2 rings (SSSR count). The van der Waals surface area contributed by atoms with Gasteiger partial charge in [-0.05, 0) is 37.2 Å². The highest BCUT2D eigenvalue weighted by atomic mass is 14.6.